The van der Waals surface area contributed by atoms with Crippen molar-refractivity contribution in [1.82, 2.24) is 14.9 Å². The molecule has 2 heterocycles. The maximum Gasteiger partial charge on any atom is 0.316 e. The van der Waals surface area contributed by atoms with Gasteiger partial charge in [-0.2, -0.15) is 0 Å². The first-order valence-electron chi connectivity index (χ1n) is 6.71. The number of halogens is 1. The second-order valence-corrected chi connectivity index (χ2v) is 4.79. The zero-order valence-corrected chi connectivity index (χ0v) is 11.3. The lowest BCUT2D eigenvalue weighted by molar-refractivity contribution is 0.0765. The molecule has 1 aromatic heterocycles. The average molecular weight is 287 g/mol. The molecule has 0 unspecified atom stereocenters. The third-order valence-electron chi connectivity index (χ3n) is 3.35. The Kier molecular flexibility index (Phi) is 3.77. The average Bonchev–Trinajstić information content (AvgIpc) is 2.97. The summed E-state index contributed by atoms with van der Waals surface area (Å²) in [6, 6.07) is 7.99. The monoisotopic (exact) mass is 287 g/mol. The van der Waals surface area contributed by atoms with Crippen molar-refractivity contribution < 1.29 is 13.9 Å². The molecule has 0 radical (unpaired) electrons. The molecule has 6 heteroatoms. The van der Waals surface area contributed by atoms with E-state index < -0.39 is 5.82 Å². The Morgan fingerprint density at radius 2 is 2.00 bits per heavy atom. The van der Waals surface area contributed by atoms with Gasteiger partial charge < -0.3 is 9.64 Å². The zero-order chi connectivity index (χ0) is 14.7. The van der Waals surface area contributed by atoms with Gasteiger partial charge in [-0.15, -0.1) is 0 Å². The van der Waals surface area contributed by atoms with E-state index >= 15 is 0 Å². The van der Waals surface area contributed by atoms with E-state index in [0.717, 1.165) is 0 Å². The lowest BCUT2D eigenvalue weighted by Gasteiger charge is -2.17. The highest BCUT2D eigenvalue weighted by atomic mass is 19.1. The molecule has 1 saturated heterocycles. The molecule has 1 aliphatic rings. The van der Waals surface area contributed by atoms with Gasteiger partial charge in [-0.3, -0.25) is 4.79 Å². The normalized spacial score (nSPS) is 17.8. The van der Waals surface area contributed by atoms with Gasteiger partial charge in [-0.1, -0.05) is 12.1 Å². The van der Waals surface area contributed by atoms with Crippen molar-refractivity contribution in [1.29, 1.82) is 0 Å². The molecule has 0 aliphatic carbocycles. The first-order chi connectivity index (χ1) is 10.2. The predicted octanol–water partition coefficient (Wildman–Crippen LogP) is 1.91. The summed E-state index contributed by atoms with van der Waals surface area (Å²) in [5, 5.41) is 0. The zero-order valence-electron chi connectivity index (χ0n) is 11.3. The fourth-order valence-electron chi connectivity index (χ4n) is 2.31. The van der Waals surface area contributed by atoms with E-state index in [-0.39, 0.29) is 17.6 Å². The first-order valence-corrected chi connectivity index (χ1v) is 6.71. The van der Waals surface area contributed by atoms with E-state index in [1.54, 1.807) is 35.5 Å². The number of amides is 1. The number of hydrogen-bond acceptors (Lipinski definition) is 4. The van der Waals surface area contributed by atoms with Crippen LogP contribution in [0.4, 0.5) is 4.39 Å². The number of aromatic nitrogens is 2. The van der Waals surface area contributed by atoms with Crippen LogP contribution >= 0.6 is 0 Å². The van der Waals surface area contributed by atoms with Crippen LogP contribution in [0.15, 0.2) is 42.7 Å². The van der Waals surface area contributed by atoms with Gasteiger partial charge in [-0.05, 0) is 18.2 Å². The Morgan fingerprint density at radius 1 is 1.24 bits per heavy atom. The smallest absolute Gasteiger partial charge is 0.316 e. The summed E-state index contributed by atoms with van der Waals surface area (Å²) >= 11 is 0. The lowest BCUT2D eigenvalue weighted by atomic mass is 10.2. The van der Waals surface area contributed by atoms with Gasteiger partial charge in [0, 0.05) is 25.4 Å². The number of carbonyl (C=O) groups excluding carboxylic acids is 1. The van der Waals surface area contributed by atoms with E-state index in [4.69, 9.17) is 4.74 Å². The molecule has 0 bridgehead atoms. The topological polar surface area (TPSA) is 55.3 Å². The highest BCUT2D eigenvalue weighted by Crippen LogP contribution is 2.18. The summed E-state index contributed by atoms with van der Waals surface area (Å²) in [6.45, 7) is 0.941. The molecular weight excluding hydrogens is 273 g/mol. The van der Waals surface area contributed by atoms with Crippen LogP contribution in [0.2, 0.25) is 0 Å². The number of likely N-dealkylation sites (tertiary alicyclic amines) is 1. The van der Waals surface area contributed by atoms with E-state index in [9.17, 15) is 9.18 Å². The number of nitrogens with zero attached hydrogens (tertiary/aromatic N) is 3. The second kappa shape index (κ2) is 5.87. The standard InChI is InChI=1S/C15H14FN3O2/c16-13-5-2-1-4-12(13)14(20)19-9-6-11(10-19)21-15-17-7-3-8-18-15/h1-5,7-8,11H,6,9-10H2/t11-/m1/s1. The Bertz CT molecular complexity index is 636. The van der Waals surface area contributed by atoms with Crippen molar-refractivity contribution >= 4 is 5.91 Å². The Hall–Kier alpha value is -2.50. The summed E-state index contributed by atoms with van der Waals surface area (Å²) in [5.74, 6) is -0.813. The number of hydrogen-bond donors (Lipinski definition) is 0. The van der Waals surface area contributed by atoms with Gasteiger partial charge in [0.05, 0.1) is 12.1 Å². The van der Waals surface area contributed by atoms with Gasteiger partial charge in [0.2, 0.25) is 0 Å². The predicted molar refractivity (Wildman–Crippen MR) is 73.4 cm³/mol. The molecule has 3 rings (SSSR count). The van der Waals surface area contributed by atoms with Crippen molar-refractivity contribution in [2.24, 2.45) is 0 Å². The minimum Gasteiger partial charge on any atom is -0.458 e. The minimum absolute atomic E-state index is 0.0918. The van der Waals surface area contributed by atoms with Crippen molar-refractivity contribution in [2.75, 3.05) is 13.1 Å². The molecule has 1 amide bonds. The van der Waals surface area contributed by atoms with E-state index in [1.165, 1.54) is 12.1 Å². The van der Waals surface area contributed by atoms with Crippen LogP contribution in [-0.4, -0.2) is 40.0 Å². The molecular formula is C15H14FN3O2. The van der Waals surface area contributed by atoms with E-state index in [2.05, 4.69) is 9.97 Å². The molecule has 1 aromatic carbocycles. The molecule has 1 fully saturated rings. The Labute approximate surface area is 121 Å². The van der Waals surface area contributed by atoms with Crippen LogP contribution in [0.3, 0.4) is 0 Å². The molecule has 108 valence electrons. The third-order valence-corrected chi connectivity index (χ3v) is 3.35. The van der Waals surface area contributed by atoms with Crippen LogP contribution < -0.4 is 4.74 Å². The fourth-order valence-corrected chi connectivity index (χ4v) is 2.31. The molecule has 1 atom stereocenters. The van der Waals surface area contributed by atoms with Gasteiger partial charge >= 0.3 is 6.01 Å². The highest BCUT2D eigenvalue weighted by molar-refractivity contribution is 5.94. The lowest BCUT2D eigenvalue weighted by Crippen LogP contribution is -2.31. The van der Waals surface area contributed by atoms with Crippen LogP contribution in [-0.2, 0) is 0 Å². The summed E-state index contributed by atoms with van der Waals surface area (Å²) in [5.41, 5.74) is 0.0918. The van der Waals surface area contributed by atoms with Gasteiger partial charge in [-0.25, -0.2) is 14.4 Å². The SMILES string of the molecule is O=C(c1ccccc1F)N1CC[C@@H](Oc2ncccn2)C1. The van der Waals surface area contributed by atoms with Crippen molar-refractivity contribution in [3.8, 4) is 6.01 Å². The second-order valence-electron chi connectivity index (χ2n) is 4.79. The Balaban J connectivity index is 1.65. The van der Waals surface area contributed by atoms with Gasteiger partial charge in [0.1, 0.15) is 11.9 Å². The molecule has 0 saturated carbocycles. The fraction of sp³-hybridized carbons (Fsp3) is 0.267. The minimum atomic E-state index is -0.502. The van der Waals surface area contributed by atoms with Crippen LogP contribution in [0.25, 0.3) is 0 Å². The third kappa shape index (κ3) is 2.99. The first kappa shape index (κ1) is 13.5. The molecule has 1 aliphatic heterocycles. The maximum absolute atomic E-state index is 13.6. The van der Waals surface area contributed by atoms with Crippen LogP contribution in [0.5, 0.6) is 6.01 Å². The summed E-state index contributed by atoms with van der Waals surface area (Å²) in [6.07, 6.45) is 3.71. The number of rotatable bonds is 3. The summed E-state index contributed by atoms with van der Waals surface area (Å²) in [4.78, 5) is 21.8. The molecule has 0 N–H and O–H groups in total. The van der Waals surface area contributed by atoms with Crippen LogP contribution in [0, 0.1) is 5.82 Å². The van der Waals surface area contributed by atoms with Gasteiger partial charge in [0.25, 0.3) is 5.91 Å². The number of ether oxygens (including phenoxy) is 1. The molecule has 5 nitrogen and oxygen atoms in total. The highest BCUT2D eigenvalue weighted by Gasteiger charge is 2.29. The Morgan fingerprint density at radius 3 is 2.76 bits per heavy atom. The van der Waals surface area contributed by atoms with Crippen molar-refractivity contribution in [2.45, 2.75) is 12.5 Å². The van der Waals surface area contributed by atoms with Crippen molar-refractivity contribution in [3.63, 3.8) is 0 Å². The van der Waals surface area contributed by atoms with E-state index in [0.29, 0.717) is 25.5 Å². The summed E-state index contributed by atoms with van der Waals surface area (Å²) < 4.78 is 19.3. The molecule has 21 heavy (non-hydrogen) atoms. The van der Waals surface area contributed by atoms with E-state index in [1.807, 2.05) is 0 Å². The quantitative estimate of drug-likeness (QED) is 0.865. The number of carbonyl (C=O) groups is 1. The number of benzene rings is 1. The maximum atomic E-state index is 13.6. The summed E-state index contributed by atoms with van der Waals surface area (Å²) in [7, 11) is 0. The molecule has 0 spiro atoms. The van der Waals surface area contributed by atoms with Crippen molar-refractivity contribution in [3.05, 3.63) is 54.1 Å². The molecule has 2 aromatic rings. The van der Waals surface area contributed by atoms with Gasteiger partial charge in [0.15, 0.2) is 0 Å². The largest absolute Gasteiger partial charge is 0.458 e. The van der Waals surface area contributed by atoms with Crippen LogP contribution in [0.1, 0.15) is 16.8 Å².